The Hall–Kier alpha value is -5.27. The number of methoxy groups -OCH3 is 1. The Morgan fingerprint density at radius 2 is 1.76 bits per heavy atom. The molecule has 3 aliphatic rings. The first-order valence-corrected chi connectivity index (χ1v) is 23.8. The van der Waals surface area contributed by atoms with Gasteiger partial charge in [0.15, 0.2) is 12.6 Å². The zero-order valence-electron chi connectivity index (χ0n) is 34.8. The van der Waals surface area contributed by atoms with Gasteiger partial charge in [0.25, 0.3) is 0 Å². The number of hydrogen-bond acceptors (Lipinski definition) is 11. The number of terminal acetylenes is 1. The topological polar surface area (TPSA) is 129 Å². The number of aromatic nitrogens is 3. The number of carbonyl (C=O) groups is 2. The third kappa shape index (κ3) is 9.01. The number of carbonyl (C=O) groups excluding carboxylic acids is 2. The van der Waals surface area contributed by atoms with E-state index in [2.05, 4.69) is 35.5 Å². The largest absolute Gasteiger partial charge is 0.468 e. The third-order valence-electron chi connectivity index (χ3n) is 10.9. The van der Waals surface area contributed by atoms with Gasteiger partial charge in [0, 0.05) is 52.0 Å². The number of piperazine rings is 1. The Balaban J connectivity index is 1.28. The molecule has 0 radical (unpaired) electrons. The number of benzene rings is 2. The van der Waals surface area contributed by atoms with Crippen molar-refractivity contribution >= 4 is 47.8 Å². The van der Waals surface area contributed by atoms with Gasteiger partial charge in [-0.1, -0.05) is 31.6 Å². The van der Waals surface area contributed by atoms with Crippen LogP contribution < -0.4 is 14.4 Å². The lowest BCUT2D eigenvalue weighted by atomic mass is 9.95. The van der Waals surface area contributed by atoms with Crippen LogP contribution in [0.5, 0.6) is 11.8 Å². The van der Waals surface area contributed by atoms with Crippen molar-refractivity contribution < 1.29 is 42.1 Å². The molecule has 4 aromatic rings. The number of amides is 2. The summed E-state index contributed by atoms with van der Waals surface area (Å²) in [7, 11) is 0.0709. The third-order valence-corrected chi connectivity index (χ3v) is 12.6. The van der Waals surface area contributed by atoms with Crippen molar-refractivity contribution in [3.05, 3.63) is 47.7 Å². The number of ether oxygens (including phenoxy) is 5. The van der Waals surface area contributed by atoms with Crippen molar-refractivity contribution in [1.82, 2.24) is 24.8 Å². The van der Waals surface area contributed by atoms with E-state index in [1.165, 1.54) is 19.4 Å². The van der Waals surface area contributed by atoms with Crippen molar-refractivity contribution in [3.63, 3.8) is 0 Å². The molecule has 3 saturated heterocycles. The highest BCUT2D eigenvalue weighted by atomic mass is 28.3. The van der Waals surface area contributed by atoms with Crippen molar-refractivity contribution in [2.75, 3.05) is 51.7 Å². The van der Waals surface area contributed by atoms with Crippen molar-refractivity contribution in [2.24, 2.45) is 0 Å². The monoisotopic (exact) mass is 830 g/mol. The van der Waals surface area contributed by atoms with Crippen LogP contribution in [-0.4, -0.2) is 115 Å². The molecule has 314 valence electrons. The van der Waals surface area contributed by atoms with E-state index >= 15 is 8.78 Å². The number of fused-ring (bicyclic) bond motifs is 4. The molecule has 0 N–H and O–H groups in total. The molecule has 2 unspecified atom stereocenters. The Morgan fingerprint density at radius 1 is 1.02 bits per heavy atom. The van der Waals surface area contributed by atoms with Crippen LogP contribution in [-0.2, 0) is 14.2 Å². The van der Waals surface area contributed by atoms with Gasteiger partial charge in [0.05, 0.1) is 35.7 Å². The van der Waals surface area contributed by atoms with Crippen LogP contribution in [0.4, 0.5) is 24.2 Å². The van der Waals surface area contributed by atoms with E-state index in [0.717, 1.165) is 25.3 Å². The number of rotatable bonds is 11. The minimum absolute atomic E-state index is 0.0528. The minimum Gasteiger partial charge on any atom is -0.468 e. The van der Waals surface area contributed by atoms with Gasteiger partial charge in [0.1, 0.15) is 40.8 Å². The fourth-order valence-electron chi connectivity index (χ4n) is 8.10. The van der Waals surface area contributed by atoms with E-state index in [1.807, 2.05) is 30.6 Å². The number of likely N-dealkylation sites (tertiary alicyclic amines) is 1. The summed E-state index contributed by atoms with van der Waals surface area (Å²) in [6, 6.07) is 6.12. The minimum atomic E-state index is -1.40. The van der Waals surface area contributed by atoms with Crippen LogP contribution in [0.15, 0.2) is 30.5 Å². The van der Waals surface area contributed by atoms with Crippen molar-refractivity contribution in [1.29, 1.82) is 0 Å². The zero-order chi connectivity index (χ0) is 42.2. The molecule has 13 nitrogen and oxygen atoms in total. The summed E-state index contributed by atoms with van der Waals surface area (Å²) in [5, 5.41) is 1.11. The van der Waals surface area contributed by atoms with Gasteiger partial charge in [-0.15, -0.1) is 6.42 Å². The molecule has 2 bridgehead atoms. The molecule has 5 heterocycles. The first-order chi connectivity index (χ1) is 28.0. The smallest absolute Gasteiger partial charge is 0.410 e. The first-order valence-electron chi connectivity index (χ1n) is 20.1. The SMILES string of the molecule is C#Cc1c(F)ccc2cc(OCOC)cc(-c3ncc4c(N5CC6CCC(C5)N6C(=O)OC(C)(C)C)nc(OC[C@H]5CCCN5C(=O)OCC[Si](C)(C)C)nc4c3F)c12. The summed E-state index contributed by atoms with van der Waals surface area (Å²) in [4.78, 5) is 46.0. The molecule has 2 aromatic carbocycles. The second-order valence-electron chi connectivity index (χ2n) is 17.6. The number of halogens is 2. The molecule has 0 saturated carbocycles. The van der Waals surface area contributed by atoms with Gasteiger partial charge in [-0.2, -0.15) is 9.97 Å². The van der Waals surface area contributed by atoms with E-state index in [1.54, 1.807) is 23.1 Å². The Labute approximate surface area is 344 Å². The summed E-state index contributed by atoms with van der Waals surface area (Å²) >= 11 is 0. The van der Waals surface area contributed by atoms with Crippen LogP contribution >= 0.6 is 0 Å². The van der Waals surface area contributed by atoms with Gasteiger partial charge >= 0.3 is 18.2 Å². The molecular weight excluding hydrogens is 779 g/mol. The average Bonchev–Trinajstić information content (AvgIpc) is 3.76. The molecule has 2 aromatic heterocycles. The Bertz CT molecular complexity index is 2280. The van der Waals surface area contributed by atoms with Gasteiger partial charge in [-0.25, -0.2) is 18.4 Å². The van der Waals surface area contributed by atoms with Crippen molar-refractivity contribution in [3.8, 4) is 35.4 Å². The van der Waals surface area contributed by atoms with E-state index < -0.39 is 25.3 Å². The summed E-state index contributed by atoms with van der Waals surface area (Å²) in [5.41, 5.74) is -0.734. The van der Waals surface area contributed by atoms with Gasteiger partial charge < -0.3 is 33.5 Å². The van der Waals surface area contributed by atoms with Crippen LogP contribution in [0.1, 0.15) is 52.0 Å². The summed E-state index contributed by atoms with van der Waals surface area (Å²) in [6.45, 7) is 13.9. The fraction of sp³-hybridized carbons (Fsp3) is 0.512. The molecule has 7 rings (SSSR count). The molecule has 0 spiro atoms. The van der Waals surface area contributed by atoms with Gasteiger partial charge in [0.2, 0.25) is 0 Å². The quantitative estimate of drug-likeness (QED) is 0.0829. The van der Waals surface area contributed by atoms with Gasteiger partial charge in [-0.05, 0) is 76.1 Å². The highest BCUT2D eigenvalue weighted by Crippen LogP contribution is 2.41. The Morgan fingerprint density at radius 3 is 2.44 bits per heavy atom. The number of anilines is 1. The van der Waals surface area contributed by atoms with Gasteiger partial charge in [-0.3, -0.25) is 9.88 Å². The highest BCUT2D eigenvalue weighted by Gasteiger charge is 2.45. The average molecular weight is 831 g/mol. The van der Waals surface area contributed by atoms with Crippen LogP contribution in [0, 0.1) is 24.0 Å². The van der Waals surface area contributed by atoms with E-state index in [-0.39, 0.29) is 77.4 Å². The van der Waals surface area contributed by atoms with E-state index in [9.17, 15) is 9.59 Å². The normalized spacial score (nSPS) is 19.3. The maximum Gasteiger partial charge on any atom is 0.410 e. The van der Waals surface area contributed by atoms with Crippen LogP contribution in [0.2, 0.25) is 25.7 Å². The number of pyridine rings is 1. The summed E-state index contributed by atoms with van der Waals surface area (Å²) in [5.74, 6) is 1.69. The second-order valence-corrected chi connectivity index (χ2v) is 23.2. The number of nitrogens with zero attached hydrogens (tertiary/aromatic N) is 6. The van der Waals surface area contributed by atoms with Crippen molar-refractivity contribution in [2.45, 2.75) is 95.9 Å². The molecule has 2 amide bonds. The maximum absolute atomic E-state index is 17.4. The number of hydrogen-bond donors (Lipinski definition) is 0. The van der Waals surface area contributed by atoms with Crippen LogP contribution in [0.25, 0.3) is 32.9 Å². The predicted octanol–water partition coefficient (Wildman–Crippen LogP) is 7.99. The molecule has 3 fully saturated rings. The molecule has 3 aliphatic heterocycles. The summed E-state index contributed by atoms with van der Waals surface area (Å²) < 4.78 is 61.1. The Kier molecular flexibility index (Phi) is 11.9. The predicted molar refractivity (Wildman–Crippen MR) is 222 cm³/mol. The van der Waals surface area contributed by atoms with E-state index in [4.69, 9.17) is 35.1 Å². The lowest BCUT2D eigenvalue weighted by Gasteiger charge is -2.42. The van der Waals surface area contributed by atoms with E-state index in [0.29, 0.717) is 55.0 Å². The second kappa shape index (κ2) is 16.8. The zero-order valence-corrected chi connectivity index (χ0v) is 35.8. The fourth-order valence-corrected chi connectivity index (χ4v) is 8.82. The molecule has 59 heavy (non-hydrogen) atoms. The molecule has 0 aliphatic carbocycles. The molecular formula is C43H52F2N6O7Si. The summed E-state index contributed by atoms with van der Waals surface area (Å²) in [6.07, 6.45) is 9.53. The maximum atomic E-state index is 17.4. The molecule has 16 heteroatoms. The first kappa shape index (κ1) is 41.9. The highest BCUT2D eigenvalue weighted by molar-refractivity contribution is 6.76. The van der Waals surface area contributed by atoms with Crippen LogP contribution in [0.3, 0.4) is 0 Å². The standard InChI is InChI=1S/C43H52F2N6O7Si/c1-9-31-34(44)15-12-26-19-30(57-25-54-5)20-32(35(26)31)37-36(45)38-33(21-46-37)39(49-22-27-13-14-28(23-49)51(27)42(53)58-43(2,3)4)48-40(47-38)56-24-29-11-10-16-50(29)41(52)55-17-18-59(6,7)8/h1,12,15,19-21,27-29H,10-11,13-14,16-18,22-25H2,2-8H3/t27?,28?,29-/m1/s1. The lowest BCUT2D eigenvalue weighted by Crippen LogP contribution is -2.57. The molecule has 3 atom stereocenters. The lowest BCUT2D eigenvalue weighted by molar-refractivity contribution is 0.0122.